The van der Waals surface area contributed by atoms with E-state index in [2.05, 4.69) is 9.88 Å². The van der Waals surface area contributed by atoms with Crippen molar-refractivity contribution in [3.05, 3.63) is 76.6 Å². The Labute approximate surface area is 240 Å². The summed E-state index contributed by atoms with van der Waals surface area (Å²) in [5, 5.41) is 0.403. The van der Waals surface area contributed by atoms with Crippen LogP contribution in [0.1, 0.15) is 21.6 Å². The second kappa shape index (κ2) is 14.1. The van der Waals surface area contributed by atoms with Crippen molar-refractivity contribution in [2.75, 3.05) is 60.2 Å². The van der Waals surface area contributed by atoms with Gasteiger partial charge in [-0.3, -0.25) is 9.69 Å². The number of ether oxygens (including phenoxy) is 3. The molecule has 0 atom stereocenters. The molecule has 1 aliphatic rings. The Kier molecular flexibility index (Phi) is 10.6. The average Bonchev–Trinajstić information content (AvgIpc) is 3.37. The fraction of sp³-hybridized carbons (Fsp3) is 0.429. The second-order valence-corrected chi connectivity index (χ2v) is 11.8. The van der Waals surface area contributed by atoms with E-state index in [0.29, 0.717) is 53.9 Å². The van der Waals surface area contributed by atoms with Crippen LogP contribution in [0.3, 0.4) is 0 Å². The molecule has 1 aromatic heterocycles. The van der Waals surface area contributed by atoms with E-state index in [1.807, 2.05) is 0 Å². The highest BCUT2D eigenvalue weighted by Crippen LogP contribution is 2.22. The number of sulfone groups is 1. The first-order valence-corrected chi connectivity index (χ1v) is 15.1. The fourth-order valence-electron chi connectivity index (χ4n) is 4.57. The molecule has 0 unspecified atom stereocenters. The molecule has 1 fully saturated rings. The summed E-state index contributed by atoms with van der Waals surface area (Å²) in [7, 11) is -0.736. The molecule has 0 radical (unpaired) electrons. The minimum atomic E-state index is -3.82. The summed E-state index contributed by atoms with van der Waals surface area (Å²) < 4.78 is 44.7. The van der Waals surface area contributed by atoms with Crippen molar-refractivity contribution in [2.45, 2.75) is 24.0 Å². The summed E-state index contributed by atoms with van der Waals surface area (Å²) in [6.45, 7) is 4.69. The third kappa shape index (κ3) is 7.82. The Morgan fingerprint density at radius 1 is 1.10 bits per heavy atom. The molecular formula is C28H35ClN4O6S. The van der Waals surface area contributed by atoms with Gasteiger partial charge in [0.1, 0.15) is 5.75 Å². The number of aromatic nitrogens is 2. The summed E-state index contributed by atoms with van der Waals surface area (Å²) in [5.41, 5.74) is 1.65. The van der Waals surface area contributed by atoms with Gasteiger partial charge in [-0.1, -0.05) is 29.8 Å². The number of nitrogens with zero attached hydrogens (tertiary/aromatic N) is 4. The monoisotopic (exact) mass is 590 g/mol. The number of hydrogen-bond acceptors (Lipinski definition) is 8. The van der Waals surface area contributed by atoms with Crippen LogP contribution in [0.2, 0.25) is 5.02 Å². The van der Waals surface area contributed by atoms with Crippen molar-refractivity contribution in [2.24, 2.45) is 0 Å². The van der Waals surface area contributed by atoms with Gasteiger partial charge in [-0.15, -0.1) is 0 Å². The highest BCUT2D eigenvalue weighted by atomic mass is 35.5. The number of halogens is 1. The normalized spacial score (nSPS) is 14.3. The molecule has 4 rings (SSSR count). The van der Waals surface area contributed by atoms with E-state index in [1.165, 1.54) is 13.3 Å². The SMILES string of the molecule is COCCn1c(CN(CCN2CCOCC2)C(=O)c2cccc(Cl)c2)cnc1S(=O)(=O)Cc1cccc(OC)c1. The van der Waals surface area contributed by atoms with Crippen molar-refractivity contribution < 1.29 is 27.4 Å². The van der Waals surface area contributed by atoms with E-state index in [9.17, 15) is 13.2 Å². The summed E-state index contributed by atoms with van der Waals surface area (Å²) >= 11 is 6.18. The molecule has 0 bridgehead atoms. The molecule has 216 valence electrons. The topological polar surface area (TPSA) is 103 Å². The molecule has 2 aromatic carbocycles. The van der Waals surface area contributed by atoms with E-state index >= 15 is 0 Å². The van der Waals surface area contributed by atoms with E-state index in [4.69, 9.17) is 25.8 Å². The maximum atomic E-state index is 13.6. The molecular weight excluding hydrogens is 556 g/mol. The number of carbonyl (C=O) groups excluding carboxylic acids is 1. The molecule has 0 saturated carbocycles. The second-order valence-electron chi connectivity index (χ2n) is 9.48. The Bertz CT molecular complexity index is 1390. The van der Waals surface area contributed by atoms with Crippen LogP contribution >= 0.6 is 11.6 Å². The molecule has 12 heteroatoms. The Morgan fingerprint density at radius 2 is 1.88 bits per heavy atom. The average molecular weight is 591 g/mol. The minimum Gasteiger partial charge on any atom is -0.497 e. The largest absolute Gasteiger partial charge is 0.497 e. The summed E-state index contributed by atoms with van der Waals surface area (Å²) in [6.07, 6.45) is 1.53. The van der Waals surface area contributed by atoms with Crippen molar-refractivity contribution in [3.8, 4) is 5.75 Å². The van der Waals surface area contributed by atoms with Crippen molar-refractivity contribution in [3.63, 3.8) is 0 Å². The number of rotatable bonds is 13. The molecule has 1 aliphatic heterocycles. The summed E-state index contributed by atoms with van der Waals surface area (Å²) in [4.78, 5) is 21.9. The molecule has 40 heavy (non-hydrogen) atoms. The quantitative estimate of drug-likeness (QED) is 0.299. The zero-order valence-corrected chi connectivity index (χ0v) is 24.4. The van der Waals surface area contributed by atoms with Crippen LogP contribution in [0, 0.1) is 0 Å². The van der Waals surface area contributed by atoms with Gasteiger partial charge in [0, 0.05) is 50.4 Å². The lowest BCUT2D eigenvalue weighted by Crippen LogP contribution is -2.43. The third-order valence-corrected chi connectivity index (χ3v) is 8.52. The summed E-state index contributed by atoms with van der Waals surface area (Å²) in [6, 6.07) is 13.8. The Hall–Kier alpha value is -2.96. The van der Waals surface area contributed by atoms with Crippen LogP contribution in [0.15, 0.2) is 59.9 Å². The van der Waals surface area contributed by atoms with Crippen LogP contribution in [0.5, 0.6) is 5.75 Å². The van der Waals surface area contributed by atoms with Gasteiger partial charge in [0.05, 0.1) is 51.1 Å². The first-order valence-electron chi connectivity index (χ1n) is 13.0. The molecule has 2 heterocycles. The Morgan fingerprint density at radius 3 is 2.60 bits per heavy atom. The fourth-order valence-corrected chi connectivity index (χ4v) is 6.27. The number of carbonyl (C=O) groups is 1. The van der Waals surface area contributed by atoms with Gasteiger partial charge in [0.2, 0.25) is 15.0 Å². The maximum absolute atomic E-state index is 13.6. The summed E-state index contributed by atoms with van der Waals surface area (Å²) in [5.74, 6) is 0.137. The van der Waals surface area contributed by atoms with Gasteiger partial charge in [-0.25, -0.2) is 13.4 Å². The van der Waals surface area contributed by atoms with Crippen molar-refractivity contribution in [1.82, 2.24) is 19.4 Å². The zero-order valence-electron chi connectivity index (χ0n) is 22.8. The standard InChI is InChI=1S/C28H35ClN4O6S/c1-37-14-13-33-25(19-30-28(33)40(35,36)21-22-5-3-8-26(17-22)38-2)20-32(10-9-31-11-15-39-16-12-31)27(34)23-6-4-7-24(29)18-23/h3-8,17-19H,9-16,20-21H2,1-2H3. The van der Waals surface area contributed by atoms with Crippen LogP contribution in [-0.4, -0.2) is 93.9 Å². The molecule has 0 spiro atoms. The number of imidazole rings is 1. The molecule has 0 N–H and O–H groups in total. The van der Waals surface area contributed by atoms with Gasteiger partial charge in [0.15, 0.2) is 0 Å². The van der Waals surface area contributed by atoms with Gasteiger partial charge in [-0.05, 0) is 35.9 Å². The van der Waals surface area contributed by atoms with E-state index < -0.39 is 9.84 Å². The molecule has 3 aromatic rings. The van der Waals surface area contributed by atoms with Gasteiger partial charge in [-0.2, -0.15) is 0 Å². The van der Waals surface area contributed by atoms with E-state index in [0.717, 1.165) is 13.1 Å². The maximum Gasteiger partial charge on any atom is 0.254 e. The molecule has 1 amide bonds. The number of methoxy groups -OCH3 is 2. The molecule has 10 nitrogen and oxygen atoms in total. The van der Waals surface area contributed by atoms with Crippen LogP contribution in [-0.2, 0) is 38.2 Å². The van der Waals surface area contributed by atoms with Crippen LogP contribution in [0.25, 0.3) is 0 Å². The van der Waals surface area contributed by atoms with Crippen LogP contribution < -0.4 is 4.74 Å². The zero-order chi connectivity index (χ0) is 28.5. The highest BCUT2D eigenvalue weighted by molar-refractivity contribution is 7.90. The number of benzene rings is 2. The predicted molar refractivity (Wildman–Crippen MR) is 151 cm³/mol. The first kappa shape index (κ1) is 30.0. The van der Waals surface area contributed by atoms with E-state index in [1.54, 1.807) is 65.1 Å². The van der Waals surface area contributed by atoms with E-state index in [-0.39, 0.29) is 36.5 Å². The predicted octanol–water partition coefficient (Wildman–Crippen LogP) is 3.14. The number of hydrogen-bond donors (Lipinski definition) is 0. The highest BCUT2D eigenvalue weighted by Gasteiger charge is 2.26. The lowest BCUT2D eigenvalue weighted by atomic mass is 10.2. The van der Waals surface area contributed by atoms with Crippen LogP contribution in [0.4, 0.5) is 0 Å². The lowest BCUT2D eigenvalue weighted by Gasteiger charge is -2.30. The first-order chi connectivity index (χ1) is 19.3. The van der Waals surface area contributed by atoms with Gasteiger partial charge >= 0.3 is 0 Å². The molecule has 1 saturated heterocycles. The number of morpholine rings is 1. The molecule has 0 aliphatic carbocycles. The number of amides is 1. The lowest BCUT2D eigenvalue weighted by molar-refractivity contribution is 0.0319. The third-order valence-electron chi connectivity index (χ3n) is 6.69. The Balaban J connectivity index is 1.62. The van der Waals surface area contributed by atoms with Gasteiger partial charge < -0.3 is 23.7 Å². The minimum absolute atomic E-state index is 0.0642. The smallest absolute Gasteiger partial charge is 0.254 e. The van der Waals surface area contributed by atoms with Gasteiger partial charge in [0.25, 0.3) is 5.91 Å². The van der Waals surface area contributed by atoms with Crippen molar-refractivity contribution in [1.29, 1.82) is 0 Å². The van der Waals surface area contributed by atoms with Crippen molar-refractivity contribution >= 4 is 27.3 Å².